The fourth-order valence-corrected chi connectivity index (χ4v) is 1.54. The number of aromatic nitrogens is 2. The monoisotopic (exact) mass is 211 g/mol. The minimum Gasteiger partial charge on any atom is -0.327 e. The molecule has 78 valence electrons. The fourth-order valence-electron chi connectivity index (χ4n) is 1.14. The van der Waals surface area contributed by atoms with Gasteiger partial charge >= 0.3 is 0 Å². The third-order valence-corrected chi connectivity index (χ3v) is 2.60. The first-order valence-electron chi connectivity index (χ1n) is 4.80. The van der Waals surface area contributed by atoms with E-state index in [4.69, 9.17) is 5.73 Å². The SMILES string of the molecule is CCC(N)Cc1cnc(CSC)nc1. The predicted octanol–water partition coefficient (Wildman–Crippen LogP) is 1.62. The highest BCUT2D eigenvalue weighted by atomic mass is 32.2. The van der Waals surface area contributed by atoms with E-state index in [0.29, 0.717) is 0 Å². The molecule has 0 aromatic carbocycles. The first-order chi connectivity index (χ1) is 6.76. The molecule has 1 rings (SSSR count). The first kappa shape index (κ1) is 11.5. The second-order valence-electron chi connectivity index (χ2n) is 3.31. The van der Waals surface area contributed by atoms with E-state index in [-0.39, 0.29) is 6.04 Å². The van der Waals surface area contributed by atoms with Crippen LogP contribution in [0.2, 0.25) is 0 Å². The van der Waals surface area contributed by atoms with Crippen molar-refractivity contribution in [1.29, 1.82) is 0 Å². The molecule has 0 fully saturated rings. The zero-order valence-corrected chi connectivity index (χ0v) is 9.55. The zero-order chi connectivity index (χ0) is 10.4. The largest absolute Gasteiger partial charge is 0.327 e. The van der Waals surface area contributed by atoms with Crippen LogP contribution in [0.5, 0.6) is 0 Å². The molecule has 0 aliphatic rings. The summed E-state index contributed by atoms with van der Waals surface area (Å²) in [5.41, 5.74) is 6.97. The summed E-state index contributed by atoms with van der Waals surface area (Å²) in [6, 6.07) is 0.227. The normalized spacial score (nSPS) is 12.8. The maximum Gasteiger partial charge on any atom is 0.138 e. The van der Waals surface area contributed by atoms with Crippen molar-refractivity contribution in [1.82, 2.24) is 9.97 Å². The van der Waals surface area contributed by atoms with Gasteiger partial charge in [-0.15, -0.1) is 0 Å². The van der Waals surface area contributed by atoms with Crippen molar-refractivity contribution in [3.8, 4) is 0 Å². The molecule has 0 spiro atoms. The first-order valence-corrected chi connectivity index (χ1v) is 6.20. The summed E-state index contributed by atoms with van der Waals surface area (Å²) in [4.78, 5) is 8.54. The van der Waals surface area contributed by atoms with Crippen molar-refractivity contribution in [3.05, 3.63) is 23.8 Å². The van der Waals surface area contributed by atoms with Crippen LogP contribution < -0.4 is 5.73 Å². The highest BCUT2D eigenvalue weighted by molar-refractivity contribution is 7.97. The van der Waals surface area contributed by atoms with E-state index in [1.807, 2.05) is 18.6 Å². The Kier molecular flexibility index (Phi) is 4.90. The Hall–Kier alpha value is -0.610. The van der Waals surface area contributed by atoms with Crippen molar-refractivity contribution in [2.45, 2.75) is 31.6 Å². The number of rotatable bonds is 5. The average Bonchev–Trinajstić information content (AvgIpc) is 2.21. The van der Waals surface area contributed by atoms with E-state index in [1.165, 1.54) is 0 Å². The van der Waals surface area contributed by atoms with Gasteiger partial charge < -0.3 is 5.73 Å². The Morgan fingerprint density at radius 3 is 2.57 bits per heavy atom. The summed E-state index contributed by atoms with van der Waals surface area (Å²) in [6.07, 6.45) is 7.68. The minimum absolute atomic E-state index is 0.227. The van der Waals surface area contributed by atoms with E-state index in [0.717, 1.165) is 30.0 Å². The molecular weight excluding hydrogens is 194 g/mol. The summed E-state index contributed by atoms with van der Waals surface area (Å²) in [5.74, 6) is 1.77. The van der Waals surface area contributed by atoms with Gasteiger partial charge in [0.2, 0.25) is 0 Å². The maximum atomic E-state index is 5.84. The van der Waals surface area contributed by atoms with Crippen molar-refractivity contribution >= 4 is 11.8 Å². The number of nitrogens with two attached hydrogens (primary N) is 1. The van der Waals surface area contributed by atoms with E-state index in [1.54, 1.807) is 11.8 Å². The van der Waals surface area contributed by atoms with Gasteiger partial charge in [0.15, 0.2) is 0 Å². The molecule has 1 heterocycles. The fraction of sp³-hybridized carbons (Fsp3) is 0.600. The zero-order valence-electron chi connectivity index (χ0n) is 8.73. The number of thioether (sulfide) groups is 1. The molecule has 0 bridgehead atoms. The molecule has 1 aromatic heterocycles. The molecule has 0 saturated heterocycles. The Balaban J connectivity index is 2.54. The van der Waals surface area contributed by atoms with Crippen molar-refractivity contribution in [3.63, 3.8) is 0 Å². The molecular formula is C10H17N3S. The van der Waals surface area contributed by atoms with Gasteiger partial charge in [0.25, 0.3) is 0 Å². The molecule has 0 saturated carbocycles. The third kappa shape index (κ3) is 3.64. The van der Waals surface area contributed by atoms with E-state index >= 15 is 0 Å². The number of hydrogen-bond acceptors (Lipinski definition) is 4. The van der Waals surface area contributed by atoms with Crippen molar-refractivity contribution in [2.75, 3.05) is 6.26 Å². The van der Waals surface area contributed by atoms with Crippen LogP contribution in [-0.4, -0.2) is 22.3 Å². The molecule has 4 heteroatoms. The summed E-state index contributed by atoms with van der Waals surface area (Å²) in [7, 11) is 0. The Labute approximate surface area is 89.5 Å². The summed E-state index contributed by atoms with van der Waals surface area (Å²) < 4.78 is 0. The summed E-state index contributed by atoms with van der Waals surface area (Å²) in [6.45, 7) is 2.09. The standard InChI is InChI=1S/C10H17N3S/c1-3-9(11)4-8-5-12-10(7-14-2)13-6-8/h5-6,9H,3-4,7,11H2,1-2H3. The van der Waals surface area contributed by atoms with Gasteiger partial charge in [0.1, 0.15) is 5.82 Å². The molecule has 0 aliphatic carbocycles. The minimum atomic E-state index is 0.227. The molecule has 1 aromatic rings. The summed E-state index contributed by atoms with van der Waals surface area (Å²) >= 11 is 1.73. The lowest BCUT2D eigenvalue weighted by Crippen LogP contribution is -2.21. The van der Waals surface area contributed by atoms with Gasteiger partial charge in [0.05, 0.1) is 5.75 Å². The second kappa shape index (κ2) is 5.98. The Bertz CT molecular complexity index is 261. The van der Waals surface area contributed by atoms with Gasteiger partial charge in [-0.3, -0.25) is 0 Å². The van der Waals surface area contributed by atoms with Gasteiger partial charge in [-0.1, -0.05) is 6.92 Å². The van der Waals surface area contributed by atoms with Crippen molar-refractivity contribution in [2.24, 2.45) is 5.73 Å². The van der Waals surface area contributed by atoms with Crippen molar-refractivity contribution < 1.29 is 0 Å². The van der Waals surface area contributed by atoms with Crippen LogP contribution in [-0.2, 0) is 12.2 Å². The summed E-state index contributed by atoms with van der Waals surface area (Å²) in [5, 5.41) is 0. The topological polar surface area (TPSA) is 51.8 Å². The molecule has 14 heavy (non-hydrogen) atoms. The number of hydrogen-bond donors (Lipinski definition) is 1. The lowest BCUT2D eigenvalue weighted by atomic mass is 10.1. The van der Waals surface area contributed by atoms with Crippen LogP contribution in [0.15, 0.2) is 12.4 Å². The molecule has 3 nitrogen and oxygen atoms in total. The molecule has 0 amide bonds. The predicted molar refractivity (Wildman–Crippen MR) is 61.2 cm³/mol. The highest BCUT2D eigenvalue weighted by Gasteiger charge is 2.02. The molecule has 1 unspecified atom stereocenters. The van der Waals surface area contributed by atoms with Gasteiger partial charge in [0, 0.05) is 18.4 Å². The van der Waals surface area contributed by atoms with E-state index < -0.39 is 0 Å². The van der Waals surface area contributed by atoms with Crippen LogP contribution in [0, 0.1) is 0 Å². The second-order valence-corrected chi connectivity index (χ2v) is 4.18. The molecule has 0 radical (unpaired) electrons. The van der Waals surface area contributed by atoms with Crippen LogP contribution in [0.4, 0.5) is 0 Å². The maximum absolute atomic E-state index is 5.84. The van der Waals surface area contributed by atoms with E-state index in [2.05, 4.69) is 16.9 Å². The molecule has 1 atom stereocenters. The Morgan fingerprint density at radius 1 is 1.43 bits per heavy atom. The molecule has 0 aliphatic heterocycles. The van der Waals surface area contributed by atoms with Gasteiger partial charge in [-0.2, -0.15) is 11.8 Å². The van der Waals surface area contributed by atoms with Crippen LogP contribution >= 0.6 is 11.8 Å². The molecule has 2 N–H and O–H groups in total. The Morgan fingerprint density at radius 2 is 2.07 bits per heavy atom. The van der Waals surface area contributed by atoms with Crippen LogP contribution in [0.25, 0.3) is 0 Å². The van der Waals surface area contributed by atoms with Crippen LogP contribution in [0.1, 0.15) is 24.7 Å². The lowest BCUT2D eigenvalue weighted by molar-refractivity contribution is 0.642. The quantitative estimate of drug-likeness (QED) is 0.804. The smallest absolute Gasteiger partial charge is 0.138 e. The number of nitrogens with zero attached hydrogens (tertiary/aromatic N) is 2. The third-order valence-electron chi connectivity index (χ3n) is 2.05. The van der Waals surface area contributed by atoms with Crippen LogP contribution in [0.3, 0.4) is 0 Å². The van der Waals surface area contributed by atoms with Gasteiger partial charge in [-0.05, 0) is 24.7 Å². The highest BCUT2D eigenvalue weighted by Crippen LogP contribution is 2.05. The average molecular weight is 211 g/mol. The van der Waals surface area contributed by atoms with E-state index in [9.17, 15) is 0 Å². The van der Waals surface area contributed by atoms with Gasteiger partial charge in [-0.25, -0.2) is 9.97 Å². The lowest BCUT2D eigenvalue weighted by Gasteiger charge is -2.07.